The van der Waals surface area contributed by atoms with Gasteiger partial charge in [-0.2, -0.15) is 0 Å². The van der Waals surface area contributed by atoms with E-state index < -0.39 is 5.97 Å². The molecule has 0 atom stereocenters. The van der Waals surface area contributed by atoms with E-state index in [2.05, 4.69) is 59.7 Å². The molecule has 0 aromatic heterocycles. The van der Waals surface area contributed by atoms with Crippen molar-refractivity contribution in [2.24, 2.45) is 0 Å². The molecule has 1 saturated heterocycles. The summed E-state index contributed by atoms with van der Waals surface area (Å²) in [5.74, 6) is -1.00. The number of rotatable bonds is 8. The molecule has 8 heteroatoms. The third kappa shape index (κ3) is 5.55. The minimum absolute atomic E-state index is 0.0711. The molecule has 34 heavy (non-hydrogen) atoms. The highest BCUT2D eigenvalue weighted by atomic mass is 32.1. The van der Waals surface area contributed by atoms with E-state index in [0.717, 1.165) is 60.5 Å². The molecule has 0 bridgehead atoms. The average Bonchev–Trinajstić information content (AvgIpc) is 2.85. The van der Waals surface area contributed by atoms with Gasteiger partial charge in [-0.25, -0.2) is 9.56 Å². The van der Waals surface area contributed by atoms with Gasteiger partial charge in [-0.3, -0.25) is 9.59 Å². The Morgan fingerprint density at radius 1 is 1.06 bits per heavy atom. The van der Waals surface area contributed by atoms with Gasteiger partial charge in [-0.05, 0) is 37.1 Å². The molecule has 3 aliphatic rings. The first-order chi connectivity index (χ1) is 16.5. The fourth-order valence-corrected chi connectivity index (χ4v) is 5.52. The predicted octanol–water partition coefficient (Wildman–Crippen LogP) is 3.51. The van der Waals surface area contributed by atoms with Crippen LogP contribution in [0.5, 0.6) is 0 Å². The first-order valence-corrected chi connectivity index (χ1v) is 13.0. The summed E-state index contributed by atoms with van der Waals surface area (Å²) in [5.41, 5.74) is 3.28. The first-order valence-electron chi connectivity index (χ1n) is 12.2. The number of carboxylic acids is 1. The summed E-state index contributed by atoms with van der Waals surface area (Å²) in [7, 11) is 0. The maximum absolute atomic E-state index is 12.2. The van der Waals surface area contributed by atoms with Crippen molar-refractivity contribution in [1.29, 1.82) is 0 Å². The van der Waals surface area contributed by atoms with Crippen molar-refractivity contribution in [2.75, 3.05) is 44.2 Å². The van der Waals surface area contributed by atoms with Gasteiger partial charge >= 0.3 is 5.97 Å². The zero-order valence-corrected chi connectivity index (χ0v) is 20.8. The molecule has 7 nitrogen and oxygen atoms in total. The van der Waals surface area contributed by atoms with Gasteiger partial charge < -0.3 is 14.9 Å². The Morgan fingerprint density at radius 3 is 2.47 bits per heavy atom. The van der Waals surface area contributed by atoms with E-state index in [4.69, 9.17) is 10.1 Å². The van der Waals surface area contributed by atoms with E-state index in [1.165, 1.54) is 10.4 Å². The van der Waals surface area contributed by atoms with Crippen LogP contribution in [0.25, 0.3) is 20.8 Å². The summed E-state index contributed by atoms with van der Waals surface area (Å²) in [6, 6.07) is 13.0. The number of aromatic nitrogens is 1. The van der Waals surface area contributed by atoms with E-state index in [0.29, 0.717) is 13.1 Å². The molecule has 180 valence electrons. The lowest BCUT2D eigenvalue weighted by Crippen LogP contribution is -2.50. The Kier molecular flexibility index (Phi) is 7.77. The summed E-state index contributed by atoms with van der Waals surface area (Å²) in [6.07, 6.45) is 2.21. The second-order valence-corrected chi connectivity index (χ2v) is 9.85. The Hall–Kier alpha value is -3.00. The summed E-state index contributed by atoms with van der Waals surface area (Å²) in [5, 5.41) is 9.95. The van der Waals surface area contributed by atoms with Gasteiger partial charge in [0.1, 0.15) is 0 Å². The number of nitrogens with zero attached hydrogens (tertiary/aromatic N) is 4. The number of carboxylic acid groups (broad SMARTS) is 1. The standard InChI is InChI=1S/C26H32N4O3S/c1-3-11-28(12-4-2)19-5-7-21-23(17-19)34-24-18-20(6-8-22(24)27-21)29-13-15-30(16-14-29)25(31)9-10-26(32)33/h5-8,17-18H,3-4,9-16H2,1-2H3/p+1. The van der Waals surface area contributed by atoms with Gasteiger partial charge in [0, 0.05) is 37.3 Å². The van der Waals surface area contributed by atoms with Crippen LogP contribution in [0, 0.1) is 0 Å². The minimum atomic E-state index is -0.930. The molecule has 0 radical (unpaired) electrons. The highest BCUT2D eigenvalue weighted by molar-refractivity contribution is 7.21. The summed E-state index contributed by atoms with van der Waals surface area (Å²) in [6.45, 7) is 9.25. The molecule has 1 aliphatic carbocycles. The summed E-state index contributed by atoms with van der Waals surface area (Å²) < 4.78 is 3.48. The van der Waals surface area contributed by atoms with Crippen LogP contribution >= 0.6 is 11.3 Å². The highest BCUT2D eigenvalue weighted by Gasteiger charge is 2.24. The van der Waals surface area contributed by atoms with Crippen LogP contribution in [0.15, 0.2) is 36.4 Å². The molecule has 0 unspecified atom stereocenters. The molecule has 1 N–H and O–H groups in total. The maximum Gasteiger partial charge on any atom is 0.303 e. The quantitative estimate of drug-likeness (QED) is 0.394. The Bertz CT molecular complexity index is 1210. The zero-order chi connectivity index (χ0) is 24.1. The smallest absolute Gasteiger partial charge is 0.303 e. The fraction of sp³-hybridized carbons (Fsp3) is 0.462. The summed E-state index contributed by atoms with van der Waals surface area (Å²) >= 11 is 1.78. The molecular weight excluding hydrogens is 448 g/mol. The van der Waals surface area contributed by atoms with Crippen LogP contribution in [0.2, 0.25) is 0 Å². The van der Waals surface area contributed by atoms with Crippen molar-refractivity contribution in [1.82, 2.24) is 14.5 Å². The van der Waals surface area contributed by atoms with Gasteiger partial charge in [-0.1, -0.05) is 13.8 Å². The molecule has 1 aromatic rings. The third-order valence-corrected chi connectivity index (χ3v) is 7.34. The van der Waals surface area contributed by atoms with Crippen LogP contribution in [0.3, 0.4) is 0 Å². The normalized spacial score (nSPS) is 14.1. The van der Waals surface area contributed by atoms with Crippen molar-refractivity contribution in [3.63, 3.8) is 0 Å². The van der Waals surface area contributed by atoms with E-state index in [9.17, 15) is 9.59 Å². The highest BCUT2D eigenvalue weighted by Crippen LogP contribution is 2.32. The Labute approximate surface area is 204 Å². The van der Waals surface area contributed by atoms with Crippen LogP contribution in [-0.4, -0.2) is 66.1 Å². The molecule has 1 amide bonds. The van der Waals surface area contributed by atoms with Gasteiger partial charge in [0.05, 0.1) is 40.3 Å². The molecule has 1 fully saturated rings. The van der Waals surface area contributed by atoms with Gasteiger partial charge in [0.15, 0.2) is 13.1 Å². The zero-order valence-electron chi connectivity index (χ0n) is 20.0. The molecule has 0 saturated carbocycles. The van der Waals surface area contributed by atoms with Crippen LogP contribution < -0.4 is 14.8 Å². The van der Waals surface area contributed by atoms with Crippen LogP contribution in [-0.2, 0) is 9.59 Å². The number of piperazine rings is 1. The number of amides is 1. The number of aliphatic carboxylic acids is 1. The average molecular weight is 482 g/mol. The lowest BCUT2D eigenvalue weighted by Gasteiger charge is -2.25. The lowest BCUT2D eigenvalue weighted by molar-refractivity contribution is -0.141. The van der Waals surface area contributed by atoms with Crippen molar-refractivity contribution >= 4 is 39.1 Å². The number of hydrogen-bond acceptors (Lipinski definition) is 5. The molecular formula is C26H33N4O3S+. The summed E-state index contributed by atoms with van der Waals surface area (Å²) in [4.78, 5) is 33.2. The Balaban J connectivity index is 1.58. The second kappa shape index (κ2) is 11.0. The molecule has 1 aromatic carbocycles. The third-order valence-electron chi connectivity index (χ3n) is 6.25. The monoisotopic (exact) mass is 481 g/mol. The van der Waals surface area contributed by atoms with Crippen molar-refractivity contribution in [3.8, 4) is 10.6 Å². The SMILES string of the molecule is CCCN(CCC)c1ccc2nc3ccc(=[N+]4CCN(C(=O)CCC(=O)O)CC4)cc-3sc2c1. The number of carbonyl (C=O) groups excluding carboxylic acids is 1. The largest absolute Gasteiger partial charge is 0.481 e. The van der Waals surface area contributed by atoms with Crippen molar-refractivity contribution in [2.45, 2.75) is 39.5 Å². The van der Waals surface area contributed by atoms with E-state index in [1.54, 1.807) is 16.2 Å². The van der Waals surface area contributed by atoms with Crippen LogP contribution in [0.4, 0.5) is 5.69 Å². The molecule has 2 aliphatic heterocycles. The van der Waals surface area contributed by atoms with Gasteiger partial charge in [-0.15, -0.1) is 11.3 Å². The first kappa shape index (κ1) is 24.1. The van der Waals surface area contributed by atoms with Crippen LogP contribution in [0.1, 0.15) is 39.5 Å². The number of anilines is 1. The maximum atomic E-state index is 12.2. The van der Waals surface area contributed by atoms with Gasteiger partial charge in [0.2, 0.25) is 11.3 Å². The van der Waals surface area contributed by atoms with E-state index in [-0.39, 0.29) is 18.7 Å². The Morgan fingerprint density at radius 2 is 1.79 bits per heavy atom. The fourth-order valence-electron chi connectivity index (χ4n) is 4.49. The topological polar surface area (TPSA) is 76.8 Å². The van der Waals surface area contributed by atoms with Crippen molar-refractivity contribution in [3.05, 3.63) is 41.8 Å². The van der Waals surface area contributed by atoms with E-state index >= 15 is 0 Å². The number of fused-ring (bicyclic) bond motifs is 2. The number of hydrogen-bond donors (Lipinski definition) is 1. The molecule has 2 heterocycles. The molecule has 0 spiro atoms. The van der Waals surface area contributed by atoms with Gasteiger partial charge in [0.25, 0.3) is 0 Å². The molecule has 4 rings (SSSR count). The van der Waals surface area contributed by atoms with Crippen molar-refractivity contribution < 1.29 is 14.7 Å². The number of carbonyl (C=O) groups is 2. The van der Waals surface area contributed by atoms with E-state index in [1.807, 2.05) is 0 Å². The predicted molar refractivity (Wildman–Crippen MR) is 137 cm³/mol. The number of benzene rings is 2. The minimum Gasteiger partial charge on any atom is -0.481 e. The second-order valence-electron chi connectivity index (χ2n) is 8.77. The lowest BCUT2D eigenvalue weighted by atomic mass is 10.2.